The summed E-state index contributed by atoms with van der Waals surface area (Å²) in [4.78, 5) is 25.8. The molecule has 18 heavy (non-hydrogen) atoms. The molecule has 0 saturated carbocycles. The van der Waals surface area contributed by atoms with Gasteiger partial charge in [-0.3, -0.25) is 4.79 Å². The molecule has 0 radical (unpaired) electrons. The lowest BCUT2D eigenvalue weighted by molar-refractivity contribution is -0.394. The summed E-state index contributed by atoms with van der Waals surface area (Å²) in [5.41, 5.74) is 0. The number of Topliss-reactive ketones (excluding diaryl/α,β-unsaturated/α-hetero) is 1. The topological polar surface area (TPSA) is 90.9 Å². The molecule has 0 saturated heterocycles. The number of ketones is 1. The van der Waals surface area contributed by atoms with Crippen LogP contribution in [0.15, 0.2) is 20.7 Å². The van der Waals surface area contributed by atoms with Gasteiger partial charge in [-0.25, -0.2) is 0 Å². The largest absolute Gasteiger partial charge is 0.492 e. The van der Waals surface area contributed by atoms with Crippen LogP contribution in [0, 0.1) is 10.1 Å². The van der Waals surface area contributed by atoms with Crippen molar-refractivity contribution in [2.75, 3.05) is 0 Å². The Balaban J connectivity index is 2.19. The van der Waals surface area contributed by atoms with Crippen molar-refractivity contribution in [1.82, 2.24) is 14.8 Å². The minimum Gasteiger partial charge on any atom is -0.390 e. The molecule has 0 spiro atoms. The molecule has 0 atom stereocenters. The zero-order valence-electron chi connectivity index (χ0n) is 8.54. The summed E-state index contributed by atoms with van der Waals surface area (Å²) in [5, 5.41) is 14.1. The van der Waals surface area contributed by atoms with Gasteiger partial charge in [0.15, 0.2) is 5.78 Å². The minimum absolute atomic E-state index is 0.103. The van der Waals surface area contributed by atoms with Crippen LogP contribution < -0.4 is 0 Å². The number of carbonyl (C=O) groups is 1. The quantitative estimate of drug-likeness (QED) is 0.450. The Bertz CT molecular complexity index is 624. The van der Waals surface area contributed by atoms with Crippen LogP contribution in [0.3, 0.4) is 0 Å². The number of carbonyl (C=O) groups excluding carboxylic acids is 1. The Hall–Kier alpha value is -1.13. The molecule has 7 nitrogen and oxygen atoms in total. The number of hydrogen-bond donors (Lipinski definition) is 0. The van der Waals surface area contributed by atoms with Crippen LogP contribution >= 0.6 is 43.2 Å². The Morgan fingerprint density at radius 3 is 2.72 bits per heavy atom. The summed E-state index contributed by atoms with van der Waals surface area (Å²) >= 11 is 7.57. The minimum atomic E-state index is -0.715. The van der Waals surface area contributed by atoms with E-state index in [0.717, 1.165) is 8.47 Å². The van der Waals surface area contributed by atoms with Crippen LogP contribution in [0.5, 0.6) is 0 Å². The summed E-state index contributed by atoms with van der Waals surface area (Å²) < 4.78 is 2.14. The average molecular weight is 396 g/mol. The lowest BCUT2D eigenvalue weighted by atomic mass is 10.3. The monoisotopic (exact) mass is 394 g/mol. The molecule has 0 fully saturated rings. The zero-order chi connectivity index (χ0) is 13.3. The van der Waals surface area contributed by atoms with E-state index in [9.17, 15) is 14.9 Å². The van der Waals surface area contributed by atoms with Gasteiger partial charge >= 0.3 is 5.95 Å². The van der Waals surface area contributed by atoms with Crippen LogP contribution in [-0.4, -0.2) is 25.5 Å². The van der Waals surface area contributed by atoms with Gasteiger partial charge in [0.25, 0.3) is 4.73 Å². The second kappa shape index (κ2) is 5.24. The molecule has 0 aliphatic rings. The Labute approximate surface area is 121 Å². The van der Waals surface area contributed by atoms with Crippen molar-refractivity contribution in [2.45, 2.75) is 6.54 Å². The first-order valence-electron chi connectivity index (χ1n) is 4.50. The van der Waals surface area contributed by atoms with E-state index >= 15 is 0 Å². The molecule has 2 aromatic rings. The number of nitrogens with zero attached hydrogens (tertiary/aromatic N) is 4. The maximum absolute atomic E-state index is 11.9. The van der Waals surface area contributed by atoms with Gasteiger partial charge in [0.1, 0.15) is 6.54 Å². The summed E-state index contributed by atoms with van der Waals surface area (Å²) in [6.07, 6.45) is 0. The molecular formula is C8H4Br2N4O3S. The molecule has 0 bridgehead atoms. The van der Waals surface area contributed by atoms with Crippen molar-refractivity contribution in [1.29, 1.82) is 0 Å². The average Bonchev–Trinajstić information content (AvgIpc) is 2.86. The van der Waals surface area contributed by atoms with E-state index in [1.165, 1.54) is 11.3 Å². The fourth-order valence-corrected chi connectivity index (χ4v) is 2.85. The van der Waals surface area contributed by atoms with Gasteiger partial charge in [-0.05, 0) is 38.0 Å². The van der Waals surface area contributed by atoms with Gasteiger partial charge in [0, 0.05) is 21.0 Å². The number of halogens is 2. The molecular weight excluding hydrogens is 392 g/mol. The van der Waals surface area contributed by atoms with E-state index in [0.29, 0.717) is 4.88 Å². The normalized spacial score (nSPS) is 10.6. The second-order valence-corrected chi connectivity index (χ2v) is 6.29. The van der Waals surface area contributed by atoms with Crippen molar-refractivity contribution in [3.8, 4) is 0 Å². The number of hydrogen-bond acceptors (Lipinski definition) is 6. The van der Waals surface area contributed by atoms with Gasteiger partial charge in [0.05, 0.1) is 8.66 Å². The highest BCUT2D eigenvalue weighted by Crippen LogP contribution is 2.23. The lowest BCUT2D eigenvalue weighted by Gasteiger charge is -1.95. The van der Waals surface area contributed by atoms with Crippen molar-refractivity contribution in [2.24, 2.45) is 0 Å². The highest BCUT2D eigenvalue weighted by molar-refractivity contribution is 9.11. The SMILES string of the molecule is O=C(Cn1nc([N+](=O)[O-])nc1Br)c1ccc(Br)s1. The third-order valence-electron chi connectivity index (χ3n) is 1.92. The van der Waals surface area contributed by atoms with Crippen molar-refractivity contribution in [3.63, 3.8) is 0 Å². The third-order valence-corrected chi connectivity index (χ3v) is 4.17. The second-order valence-electron chi connectivity index (χ2n) is 3.12. The number of aromatic nitrogens is 3. The van der Waals surface area contributed by atoms with Crippen LogP contribution in [0.4, 0.5) is 5.95 Å². The van der Waals surface area contributed by atoms with Gasteiger partial charge in [-0.1, -0.05) is 0 Å². The van der Waals surface area contributed by atoms with E-state index in [2.05, 4.69) is 41.9 Å². The van der Waals surface area contributed by atoms with E-state index in [1.807, 2.05) is 0 Å². The molecule has 0 aliphatic carbocycles. The first-order valence-corrected chi connectivity index (χ1v) is 6.91. The zero-order valence-corrected chi connectivity index (χ0v) is 12.5. The van der Waals surface area contributed by atoms with Crippen molar-refractivity contribution in [3.05, 3.63) is 35.6 Å². The van der Waals surface area contributed by atoms with Crippen LogP contribution in [0.2, 0.25) is 0 Å². The third kappa shape index (κ3) is 2.82. The maximum Gasteiger partial charge on any atom is 0.492 e. The molecule has 0 N–H and O–H groups in total. The first kappa shape index (κ1) is 13.3. The molecule has 0 aromatic carbocycles. The fourth-order valence-electron chi connectivity index (χ4n) is 1.17. The number of nitro groups is 1. The predicted molar refractivity (Wildman–Crippen MR) is 70.7 cm³/mol. The summed E-state index contributed by atoms with van der Waals surface area (Å²) in [7, 11) is 0. The van der Waals surface area contributed by atoms with Crippen LogP contribution in [0.25, 0.3) is 0 Å². The number of rotatable bonds is 4. The molecule has 2 heterocycles. The fraction of sp³-hybridized carbons (Fsp3) is 0.125. The lowest BCUT2D eigenvalue weighted by Crippen LogP contribution is -2.11. The van der Waals surface area contributed by atoms with E-state index in [-0.39, 0.29) is 17.1 Å². The maximum atomic E-state index is 11.9. The molecule has 2 aromatic heterocycles. The molecule has 0 amide bonds. The Morgan fingerprint density at radius 1 is 1.50 bits per heavy atom. The van der Waals surface area contributed by atoms with E-state index < -0.39 is 10.9 Å². The van der Waals surface area contributed by atoms with Gasteiger partial charge in [0.2, 0.25) is 0 Å². The van der Waals surface area contributed by atoms with Crippen LogP contribution in [0.1, 0.15) is 9.67 Å². The number of thiophene rings is 1. The van der Waals surface area contributed by atoms with Gasteiger partial charge < -0.3 is 10.1 Å². The van der Waals surface area contributed by atoms with Crippen LogP contribution in [-0.2, 0) is 6.54 Å². The smallest absolute Gasteiger partial charge is 0.390 e. The molecule has 0 unspecified atom stereocenters. The highest BCUT2D eigenvalue weighted by Gasteiger charge is 2.22. The van der Waals surface area contributed by atoms with Gasteiger partial charge in [-0.2, -0.15) is 4.68 Å². The Kier molecular flexibility index (Phi) is 3.88. The molecule has 0 aliphatic heterocycles. The summed E-state index contributed by atoms with van der Waals surface area (Å²) in [5.74, 6) is -0.728. The molecule has 94 valence electrons. The molecule has 2 rings (SSSR count). The van der Waals surface area contributed by atoms with E-state index in [4.69, 9.17) is 0 Å². The molecule has 10 heteroatoms. The first-order chi connectivity index (χ1) is 8.47. The standard InChI is InChI=1S/C8H4Br2N4O3S/c9-6-2-1-5(18-6)4(15)3-13-7(10)11-8(12-13)14(16)17/h1-2H,3H2. The van der Waals surface area contributed by atoms with Crippen molar-refractivity contribution >= 4 is 54.9 Å². The Morgan fingerprint density at radius 2 is 2.22 bits per heavy atom. The summed E-state index contributed by atoms with van der Waals surface area (Å²) in [6, 6.07) is 3.44. The van der Waals surface area contributed by atoms with Crippen molar-refractivity contribution < 1.29 is 9.72 Å². The van der Waals surface area contributed by atoms with Gasteiger partial charge in [-0.15, -0.1) is 11.3 Å². The summed E-state index contributed by atoms with van der Waals surface area (Å²) in [6.45, 7) is -0.103. The predicted octanol–water partition coefficient (Wildman–Crippen LogP) is 2.66. The highest BCUT2D eigenvalue weighted by atomic mass is 79.9. The van der Waals surface area contributed by atoms with E-state index in [1.54, 1.807) is 12.1 Å².